The Balaban J connectivity index is 0.00000225. The molecule has 0 unspecified atom stereocenters. The molecule has 2 aromatic carbocycles. The zero-order valence-corrected chi connectivity index (χ0v) is 22.0. The molecular weight excluding hydrogens is 452 g/mol. The Morgan fingerprint density at radius 2 is 1.57 bits per heavy atom. The molecule has 0 saturated heterocycles. The average molecular weight is 468 g/mol. The van der Waals surface area contributed by atoms with Crippen LogP contribution in [0, 0.1) is 0 Å². The second-order valence-electron chi connectivity index (χ2n) is 6.05. The van der Waals surface area contributed by atoms with E-state index in [9.17, 15) is 23.1 Å². The largest absolute Gasteiger partial charge is 1.00 e. The number of ether oxygens (including phenoxy) is 1. The van der Waals surface area contributed by atoms with Crippen LogP contribution in [0.1, 0.15) is 17.0 Å². The molecule has 0 bridgehead atoms. The van der Waals surface area contributed by atoms with Crippen molar-refractivity contribution < 1.29 is 91.5 Å². The summed E-state index contributed by atoms with van der Waals surface area (Å²) >= 11 is 0. The van der Waals surface area contributed by atoms with Crippen molar-refractivity contribution in [2.45, 2.75) is 12.0 Å². The summed E-state index contributed by atoms with van der Waals surface area (Å²) in [7, 11) is -4.47. The summed E-state index contributed by atoms with van der Waals surface area (Å²) in [6, 6.07) is 13.8. The van der Waals surface area contributed by atoms with Crippen LogP contribution >= 0.6 is 10.8 Å². The van der Waals surface area contributed by atoms with E-state index < -0.39 is 33.0 Å². The molecule has 0 heterocycles. The number of alkyl carbamates (subject to hydrolysis) is 1. The van der Waals surface area contributed by atoms with Crippen LogP contribution in [-0.4, -0.2) is 43.4 Å². The van der Waals surface area contributed by atoms with Crippen molar-refractivity contribution in [3.8, 4) is 11.1 Å². The molecule has 1 aliphatic carbocycles. The number of aliphatic carboxylic acids is 1. The first kappa shape index (κ1) is 27.5. The number of carboxylic acids is 1. The molecule has 1 atom stereocenters. The summed E-state index contributed by atoms with van der Waals surface area (Å²) in [4.78, 5) is 23.1. The van der Waals surface area contributed by atoms with Gasteiger partial charge < -0.3 is 20.0 Å². The van der Waals surface area contributed by atoms with Gasteiger partial charge >= 0.3 is 74.4 Å². The van der Waals surface area contributed by atoms with Crippen molar-refractivity contribution in [3.63, 3.8) is 0 Å². The van der Waals surface area contributed by atoms with E-state index in [0.29, 0.717) is 0 Å². The molecule has 2 aromatic rings. The Labute approximate surface area is 221 Å². The molecule has 1 amide bonds. The summed E-state index contributed by atoms with van der Waals surface area (Å²) in [6.07, 6.45) is -1.02. The van der Waals surface area contributed by atoms with Gasteiger partial charge in [-0.25, -0.2) is 4.79 Å². The maximum Gasteiger partial charge on any atom is 1.00 e. The van der Waals surface area contributed by atoms with Crippen molar-refractivity contribution in [1.82, 2.24) is 5.32 Å². The second kappa shape index (κ2) is 11.9. The van der Waals surface area contributed by atoms with E-state index in [1.165, 1.54) is 0 Å². The van der Waals surface area contributed by atoms with Gasteiger partial charge in [-0.2, -0.15) is 8.42 Å². The molecule has 8 nitrogen and oxygen atoms in total. The van der Waals surface area contributed by atoms with Gasteiger partial charge in [0.25, 0.3) is 0 Å². The van der Waals surface area contributed by atoms with E-state index in [4.69, 9.17) is 9.29 Å². The van der Waals surface area contributed by atoms with Crippen LogP contribution in [-0.2, 0) is 18.7 Å². The van der Waals surface area contributed by atoms with Crippen LogP contribution in [0.5, 0.6) is 0 Å². The minimum atomic E-state index is -4.45. The van der Waals surface area contributed by atoms with Gasteiger partial charge in [0.2, 0.25) is 0 Å². The van der Waals surface area contributed by atoms with E-state index in [1.54, 1.807) is 0 Å². The monoisotopic (exact) mass is 468 g/mol. The average Bonchev–Trinajstić information content (AvgIpc) is 2.96. The quantitative estimate of drug-likeness (QED) is 0.235. The van der Waals surface area contributed by atoms with Gasteiger partial charge in [0, 0.05) is 11.7 Å². The number of carboxylic acid groups (broad SMARTS) is 1. The van der Waals surface area contributed by atoms with Crippen LogP contribution in [0.25, 0.3) is 11.1 Å². The molecule has 2 N–H and O–H groups in total. The Morgan fingerprint density at radius 1 is 1.07 bits per heavy atom. The van der Waals surface area contributed by atoms with Crippen LogP contribution in [0.2, 0.25) is 0 Å². The number of fused-ring (bicyclic) bond motifs is 3. The summed E-state index contributed by atoms with van der Waals surface area (Å²) in [5.41, 5.74) is 4.08. The molecule has 0 saturated carbocycles. The Hall–Kier alpha value is -0.560. The predicted molar refractivity (Wildman–Crippen MR) is 101 cm³/mol. The number of amides is 1. The topological polar surface area (TPSA) is 133 Å². The minimum Gasteiger partial charge on any atom is -0.548 e. The van der Waals surface area contributed by atoms with Gasteiger partial charge in [0.05, 0.1) is 12.0 Å². The number of hydrogen-bond donors (Lipinski definition) is 2. The third-order valence-electron chi connectivity index (χ3n) is 4.30. The molecule has 12 heteroatoms. The number of hydrogen-bond acceptors (Lipinski definition) is 7. The van der Waals surface area contributed by atoms with Gasteiger partial charge in [-0.3, -0.25) is 4.55 Å². The molecule has 0 aromatic heterocycles. The molecule has 148 valence electrons. The van der Waals surface area contributed by atoms with Gasteiger partial charge in [-0.1, -0.05) is 48.5 Å². The van der Waals surface area contributed by atoms with E-state index in [2.05, 4.69) is 0 Å². The molecule has 1 aliphatic rings. The van der Waals surface area contributed by atoms with Crippen molar-refractivity contribution in [2.24, 2.45) is 0 Å². The van der Waals surface area contributed by atoms with E-state index >= 15 is 0 Å². The SMILES string of the molecule is O=C(N[C@@H](CSS(=O)(=O)O)C(=O)[O-])OCC1c2ccccc2-c2ccccc21.[Na+].[Na+]. The molecule has 3 rings (SSSR count). The summed E-state index contributed by atoms with van der Waals surface area (Å²) in [6.45, 7) is -0.0227. The van der Waals surface area contributed by atoms with Crippen molar-refractivity contribution in [1.29, 1.82) is 0 Å². The fourth-order valence-electron chi connectivity index (χ4n) is 3.10. The Morgan fingerprint density at radius 3 is 2.03 bits per heavy atom. The number of carbonyl (C=O) groups excluding carboxylic acids is 2. The first-order chi connectivity index (χ1) is 13.3. The fraction of sp³-hybridized carbons (Fsp3) is 0.222. The van der Waals surface area contributed by atoms with Crippen molar-refractivity contribution >= 4 is 32.0 Å². The third-order valence-corrected chi connectivity index (χ3v) is 6.37. The van der Waals surface area contributed by atoms with Crippen LogP contribution in [0.4, 0.5) is 4.79 Å². The zero-order chi connectivity index (χ0) is 20.3. The predicted octanol–water partition coefficient (Wildman–Crippen LogP) is -4.81. The molecule has 0 aliphatic heterocycles. The maximum absolute atomic E-state index is 12.0. The number of nitrogens with one attached hydrogen (secondary N) is 1. The van der Waals surface area contributed by atoms with Crippen LogP contribution < -0.4 is 69.5 Å². The van der Waals surface area contributed by atoms with Gasteiger partial charge in [-0.05, 0) is 33.0 Å². The van der Waals surface area contributed by atoms with Crippen molar-refractivity contribution in [3.05, 3.63) is 59.7 Å². The van der Waals surface area contributed by atoms with Crippen LogP contribution in [0.3, 0.4) is 0 Å². The van der Waals surface area contributed by atoms with Crippen molar-refractivity contribution in [2.75, 3.05) is 12.4 Å². The van der Waals surface area contributed by atoms with Gasteiger partial charge in [-0.15, -0.1) is 0 Å². The molecule has 0 radical (unpaired) electrons. The van der Waals surface area contributed by atoms with E-state index in [0.717, 1.165) is 22.3 Å². The summed E-state index contributed by atoms with van der Waals surface area (Å²) < 4.78 is 35.4. The van der Waals surface area contributed by atoms with Gasteiger partial charge in [0.1, 0.15) is 6.61 Å². The first-order valence-corrected chi connectivity index (χ1v) is 11.1. The first-order valence-electron chi connectivity index (χ1n) is 8.20. The van der Waals surface area contributed by atoms with Gasteiger partial charge in [0.15, 0.2) is 0 Å². The summed E-state index contributed by atoms with van der Waals surface area (Å²) in [5, 5.41) is 13.1. The standard InChI is InChI=1S/C18H17NO7S2.2Na/c20-17(21)16(10-27-28(23,24)25)19-18(22)26-9-15-13-7-3-1-5-11(13)12-6-2-4-8-14(12)15;;/h1-8,15-16H,9-10H2,(H,19,22)(H,20,21)(H,23,24,25);;/q;2*+1/p-1/t16-;;/m0../s1. The minimum absolute atomic E-state index is 0. The molecule has 30 heavy (non-hydrogen) atoms. The maximum atomic E-state index is 12.0. The molecule has 0 spiro atoms. The number of rotatable bonds is 7. The third kappa shape index (κ3) is 6.98. The molecular formula is C18H16NNa2O7S2+. The number of carbonyl (C=O) groups is 2. The Kier molecular flexibility index (Phi) is 10.9. The smallest absolute Gasteiger partial charge is 0.548 e. The Bertz CT molecular complexity index is 972. The van der Waals surface area contributed by atoms with E-state index in [-0.39, 0.29) is 82.4 Å². The molecule has 0 fully saturated rings. The fourth-order valence-corrected chi connectivity index (χ4v) is 4.56. The summed E-state index contributed by atoms with van der Waals surface area (Å²) in [5.74, 6) is -2.51. The zero-order valence-electron chi connectivity index (χ0n) is 16.4. The normalized spacial score (nSPS) is 13.1. The van der Waals surface area contributed by atoms with Crippen LogP contribution in [0.15, 0.2) is 48.5 Å². The number of benzene rings is 2. The van der Waals surface area contributed by atoms with E-state index in [1.807, 2.05) is 53.8 Å². The second-order valence-corrected chi connectivity index (χ2v) is 9.45.